The third-order valence-corrected chi connectivity index (χ3v) is 2.30. The molecule has 2 rings (SSSR count). The van der Waals surface area contributed by atoms with Crippen LogP contribution in [0.5, 0.6) is 0 Å². The van der Waals surface area contributed by atoms with Gasteiger partial charge in [0.1, 0.15) is 5.52 Å². The molecular formula is C10H14N4O2. The highest BCUT2D eigenvalue weighted by atomic mass is 16.3. The lowest BCUT2D eigenvalue weighted by Crippen LogP contribution is -2.23. The molecule has 0 aliphatic carbocycles. The van der Waals surface area contributed by atoms with Crippen molar-refractivity contribution in [2.24, 2.45) is 0 Å². The minimum atomic E-state index is -0.387. The second kappa shape index (κ2) is 4.46. The summed E-state index contributed by atoms with van der Waals surface area (Å²) in [5.74, 6) is 0. The standard InChI is InChI=1S/C10H14N4O2/c1-6(15)2-11-3-7-4-12-9-8(7)13-5-14-10(9)16/h4-6,11-12,15H,2-3H2,1H3,(H,13,14,16). The lowest BCUT2D eigenvalue weighted by atomic mass is 10.3. The molecule has 0 fully saturated rings. The quantitative estimate of drug-likeness (QED) is 0.572. The zero-order chi connectivity index (χ0) is 11.5. The molecule has 6 nitrogen and oxygen atoms in total. The molecular weight excluding hydrogens is 208 g/mol. The molecule has 2 aromatic rings. The first-order valence-corrected chi connectivity index (χ1v) is 5.11. The van der Waals surface area contributed by atoms with E-state index in [2.05, 4.69) is 20.3 Å². The van der Waals surface area contributed by atoms with Crippen LogP contribution in [-0.2, 0) is 6.54 Å². The normalized spacial score (nSPS) is 13.1. The lowest BCUT2D eigenvalue weighted by molar-refractivity contribution is 0.191. The molecule has 4 N–H and O–H groups in total. The molecule has 86 valence electrons. The molecule has 0 aliphatic heterocycles. The molecule has 0 saturated carbocycles. The van der Waals surface area contributed by atoms with Gasteiger partial charge in [-0.3, -0.25) is 4.79 Å². The number of H-pyrrole nitrogens is 2. The SMILES string of the molecule is CC(O)CNCc1c[nH]c2c(=O)[nH]cnc12. The Morgan fingerprint density at radius 2 is 2.38 bits per heavy atom. The van der Waals surface area contributed by atoms with E-state index in [1.165, 1.54) is 6.33 Å². The number of hydrogen-bond donors (Lipinski definition) is 4. The van der Waals surface area contributed by atoms with Gasteiger partial charge in [0.2, 0.25) is 0 Å². The van der Waals surface area contributed by atoms with Crippen LogP contribution in [0.2, 0.25) is 0 Å². The van der Waals surface area contributed by atoms with E-state index in [1.807, 2.05) is 0 Å². The fraction of sp³-hybridized carbons (Fsp3) is 0.400. The van der Waals surface area contributed by atoms with Crippen molar-refractivity contribution in [3.05, 3.63) is 28.4 Å². The van der Waals surface area contributed by atoms with Crippen molar-refractivity contribution in [1.82, 2.24) is 20.3 Å². The van der Waals surface area contributed by atoms with Crippen LogP contribution in [0, 0.1) is 0 Å². The summed E-state index contributed by atoms with van der Waals surface area (Å²) >= 11 is 0. The van der Waals surface area contributed by atoms with Gasteiger partial charge in [-0.1, -0.05) is 0 Å². The summed E-state index contributed by atoms with van der Waals surface area (Å²) in [5, 5.41) is 12.2. The van der Waals surface area contributed by atoms with Crippen LogP contribution < -0.4 is 10.9 Å². The Morgan fingerprint density at radius 3 is 3.12 bits per heavy atom. The Balaban J connectivity index is 2.19. The smallest absolute Gasteiger partial charge is 0.275 e. The van der Waals surface area contributed by atoms with E-state index in [-0.39, 0.29) is 11.7 Å². The van der Waals surface area contributed by atoms with Crippen LogP contribution in [-0.4, -0.2) is 32.7 Å². The average molecular weight is 222 g/mol. The highest BCUT2D eigenvalue weighted by Gasteiger charge is 2.07. The molecule has 1 unspecified atom stereocenters. The summed E-state index contributed by atoms with van der Waals surface area (Å²) in [5.41, 5.74) is 1.90. The Labute approximate surface area is 91.7 Å². The number of aliphatic hydroxyl groups excluding tert-OH is 1. The van der Waals surface area contributed by atoms with Gasteiger partial charge < -0.3 is 20.4 Å². The molecule has 2 aromatic heterocycles. The number of aromatic amines is 2. The van der Waals surface area contributed by atoms with Crippen LogP contribution >= 0.6 is 0 Å². The first-order valence-electron chi connectivity index (χ1n) is 5.11. The molecule has 0 spiro atoms. The maximum Gasteiger partial charge on any atom is 0.275 e. The first kappa shape index (κ1) is 10.8. The molecule has 0 radical (unpaired) electrons. The van der Waals surface area contributed by atoms with Crippen molar-refractivity contribution in [3.8, 4) is 0 Å². The number of nitrogens with one attached hydrogen (secondary N) is 3. The predicted molar refractivity (Wildman–Crippen MR) is 60.1 cm³/mol. The fourth-order valence-electron chi connectivity index (χ4n) is 1.56. The molecule has 0 aromatic carbocycles. The number of rotatable bonds is 4. The van der Waals surface area contributed by atoms with E-state index in [4.69, 9.17) is 5.11 Å². The van der Waals surface area contributed by atoms with Crippen LogP contribution in [0.4, 0.5) is 0 Å². The number of hydrogen-bond acceptors (Lipinski definition) is 4. The van der Waals surface area contributed by atoms with E-state index in [0.717, 1.165) is 5.56 Å². The predicted octanol–water partition coefficient (Wildman–Crippen LogP) is -0.278. The van der Waals surface area contributed by atoms with E-state index in [0.29, 0.717) is 24.1 Å². The van der Waals surface area contributed by atoms with Crippen molar-refractivity contribution in [3.63, 3.8) is 0 Å². The minimum Gasteiger partial charge on any atom is -0.392 e. The number of nitrogens with zero attached hydrogens (tertiary/aromatic N) is 1. The Hall–Kier alpha value is -1.66. The minimum absolute atomic E-state index is 0.174. The van der Waals surface area contributed by atoms with Crippen LogP contribution in [0.25, 0.3) is 11.0 Å². The van der Waals surface area contributed by atoms with Crippen molar-refractivity contribution in [2.45, 2.75) is 19.6 Å². The van der Waals surface area contributed by atoms with E-state index < -0.39 is 0 Å². The van der Waals surface area contributed by atoms with Gasteiger partial charge in [-0.15, -0.1) is 0 Å². The van der Waals surface area contributed by atoms with Crippen molar-refractivity contribution >= 4 is 11.0 Å². The molecule has 2 heterocycles. The molecule has 0 bridgehead atoms. The number of aliphatic hydroxyl groups is 1. The van der Waals surface area contributed by atoms with Gasteiger partial charge in [-0.25, -0.2) is 4.98 Å². The van der Waals surface area contributed by atoms with Crippen molar-refractivity contribution in [2.75, 3.05) is 6.54 Å². The van der Waals surface area contributed by atoms with Gasteiger partial charge in [-0.2, -0.15) is 0 Å². The Morgan fingerprint density at radius 1 is 1.56 bits per heavy atom. The number of aromatic nitrogens is 3. The third kappa shape index (κ3) is 2.12. The van der Waals surface area contributed by atoms with E-state index >= 15 is 0 Å². The Kier molecular flexibility index (Phi) is 3.02. The summed E-state index contributed by atoms with van der Waals surface area (Å²) < 4.78 is 0. The van der Waals surface area contributed by atoms with Crippen LogP contribution in [0.15, 0.2) is 17.3 Å². The molecule has 6 heteroatoms. The Bertz CT molecular complexity index is 529. The van der Waals surface area contributed by atoms with Gasteiger partial charge >= 0.3 is 0 Å². The summed E-state index contributed by atoms with van der Waals surface area (Å²) in [6.45, 7) is 2.79. The van der Waals surface area contributed by atoms with Crippen molar-refractivity contribution in [1.29, 1.82) is 0 Å². The van der Waals surface area contributed by atoms with Gasteiger partial charge in [-0.05, 0) is 6.92 Å². The van der Waals surface area contributed by atoms with Gasteiger partial charge in [0.05, 0.1) is 17.9 Å². The summed E-state index contributed by atoms with van der Waals surface area (Å²) in [4.78, 5) is 20.9. The fourth-order valence-corrected chi connectivity index (χ4v) is 1.56. The third-order valence-electron chi connectivity index (χ3n) is 2.30. The van der Waals surface area contributed by atoms with Crippen LogP contribution in [0.3, 0.4) is 0 Å². The highest BCUT2D eigenvalue weighted by Crippen LogP contribution is 2.10. The molecule has 0 saturated heterocycles. The van der Waals surface area contributed by atoms with E-state index in [9.17, 15) is 4.79 Å². The highest BCUT2D eigenvalue weighted by molar-refractivity contribution is 5.77. The zero-order valence-corrected chi connectivity index (χ0v) is 8.95. The number of fused-ring (bicyclic) bond motifs is 1. The monoisotopic (exact) mass is 222 g/mol. The van der Waals surface area contributed by atoms with Crippen LogP contribution in [0.1, 0.15) is 12.5 Å². The average Bonchev–Trinajstić information content (AvgIpc) is 2.63. The van der Waals surface area contributed by atoms with Gasteiger partial charge in [0, 0.05) is 24.8 Å². The molecule has 0 amide bonds. The molecule has 0 aliphatic rings. The maximum absolute atomic E-state index is 11.4. The summed E-state index contributed by atoms with van der Waals surface area (Å²) in [7, 11) is 0. The first-order chi connectivity index (χ1) is 7.68. The second-order valence-corrected chi connectivity index (χ2v) is 3.75. The van der Waals surface area contributed by atoms with E-state index in [1.54, 1.807) is 13.1 Å². The molecule has 1 atom stereocenters. The summed E-state index contributed by atoms with van der Waals surface area (Å²) in [6, 6.07) is 0. The lowest BCUT2D eigenvalue weighted by Gasteiger charge is -2.05. The summed E-state index contributed by atoms with van der Waals surface area (Å²) in [6.07, 6.45) is 2.75. The maximum atomic E-state index is 11.4. The van der Waals surface area contributed by atoms with Gasteiger partial charge in [0.25, 0.3) is 5.56 Å². The second-order valence-electron chi connectivity index (χ2n) is 3.75. The molecule has 16 heavy (non-hydrogen) atoms. The largest absolute Gasteiger partial charge is 0.392 e. The zero-order valence-electron chi connectivity index (χ0n) is 8.95. The van der Waals surface area contributed by atoms with Gasteiger partial charge in [0.15, 0.2) is 0 Å². The van der Waals surface area contributed by atoms with Crippen molar-refractivity contribution < 1.29 is 5.11 Å². The topological polar surface area (TPSA) is 93.8 Å².